The number of ether oxygens (including phenoxy) is 1. The molecule has 0 spiro atoms. The molecule has 134 valence electrons. The first-order valence-electron chi connectivity index (χ1n) is 7.34. The molecule has 2 aromatic carbocycles. The predicted octanol–water partition coefficient (Wildman–Crippen LogP) is 4.09. The highest BCUT2D eigenvalue weighted by Gasteiger charge is 2.18. The fourth-order valence-corrected chi connectivity index (χ4v) is 2.43. The molecule has 0 saturated carbocycles. The lowest BCUT2D eigenvalue weighted by Crippen LogP contribution is -2.13. The van der Waals surface area contributed by atoms with E-state index in [9.17, 15) is 18.7 Å². The summed E-state index contributed by atoms with van der Waals surface area (Å²) in [5.41, 5.74) is 0.701. The maximum Gasteiger partial charge on any atom is 0.387 e. The van der Waals surface area contributed by atoms with Crippen molar-refractivity contribution >= 4 is 23.2 Å². The summed E-state index contributed by atoms with van der Waals surface area (Å²) in [6, 6.07) is 12.7. The van der Waals surface area contributed by atoms with E-state index in [0.29, 0.717) is 5.69 Å². The summed E-state index contributed by atoms with van der Waals surface area (Å²) < 4.78 is 30.0. The highest BCUT2D eigenvalue weighted by atomic mass is 35.5. The number of nitrogens with zero attached hydrogens (tertiary/aromatic N) is 2. The normalized spacial score (nSPS) is 10.8. The molecular formula is C17H12ClF2N3O3. The van der Waals surface area contributed by atoms with Crippen LogP contribution in [0.2, 0.25) is 5.02 Å². The third-order valence-corrected chi connectivity index (χ3v) is 3.63. The van der Waals surface area contributed by atoms with E-state index in [0.717, 1.165) is 0 Å². The summed E-state index contributed by atoms with van der Waals surface area (Å²) in [5.74, 6) is -1.21. The molecule has 2 N–H and O–H groups in total. The number of aromatic hydroxyl groups is 1. The molecule has 0 aliphatic heterocycles. The van der Waals surface area contributed by atoms with Crippen LogP contribution in [0.1, 0.15) is 10.5 Å². The van der Waals surface area contributed by atoms with Crippen molar-refractivity contribution in [3.05, 3.63) is 65.4 Å². The van der Waals surface area contributed by atoms with Crippen LogP contribution in [0.5, 0.6) is 11.5 Å². The fraction of sp³-hybridized carbons (Fsp3) is 0.0588. The van der Waals surface area contributed by atoms with Crippen molar-refractivity contribution in [3.63, 3.8) is 0 Å². The molecule has 3 rings (SSSR count). The summed E-state index contributed by atoms with van der Waals surface area (Å²) >= 11 is 5.84. The van der Waals surface area contributed by atoms with Crippen LogP contribution in [0, 0.1) is 0 Å². The molecule has 26 heavy (non-hydrogen) atoms. The van der Waals surface area contributed by atoms with E-state index < -0.39 is 12.5 Å². The highest BCUT2D eigenvalue weighted by Crippen LogP contribution is 2.29. The van der Waals surface area contributed by atoms with Gasteiger partial charge in [-0.15, -0.1) is 0 Å². The number of halogens is 3. The van der Waals surface area contributed by atoms with Gasteiger partial charge in [-0.2, -0.15) is 13.9 Å². The number of nitrogens with one attached hydrogen (secondary N) is 1. The second-order valence-corrected chi connectivity index (χ2v) is 5.53. The van der Waals surface area contributed by atoms with E-state index in [4.69, 9.17) is 11.6 Å². The Hall–Kier alpha value is -3.13. The van der Waals surface area contributed by atoms with Crippen molar-refractivity contribution in [2.75, 3.05) is 5.32 Å². The SMILES string of the molecule is O=C(Nc1ccc(OC(F)F)c(Cl)c1)c1nn(-c2ccccc2)cc1O. The van der Waals surface area contributed by atoms with Crippen molar-refractivity contribution in [2.45, 2.75) is 6.61 Å². The Balaban J connectivity index is 1.78. The monoisotopic (exact) mass is 379 g/mol. The molecule has 0 atom stereocenters. The topological polar surface area (TPSA) is 76.4 Å². The Bertz CT molecular complexity index is 932. The van der Waals surface area contributed by atoms with Gasteiger partial charge in [-0.3, -0.25) is 4.79 Å². The number of hydrogen-bond acceptors (Lipinski definition) is 4. The van der Waals surface area contributed by atoms with E-state index in [2.05, 4.69) is 15.2 Å². The zero-order chi connectivity index (χ0) is 18.7. The first-order valence-corrected chi connectivity index (χ1v) is 7.71. The molecule has 6 nitrogen and oxygen atoms in total. The Kier molecular flexibility index (Phi) is 5.04. The standard InChI is InChI=1S/C17H12ClF2N3O3/c18-12-8-10(6-7-14(12)26-17(19)20)21-16(25)15-13(24)9-23(22-15)11-4-2-1-3-5-11/h1-9,17,24H,(H,21,25). The second kappa shape index (κ2) is 7.40. The first kappa shape index (κ1) is 17.7. The lowest BCUT2D eigenvalue weighted by Gasteiger charge is -2.09. The van der Waals surface area contributed by atoms with E-state index in [1.807, 2.05) is 6.07 Å². The maximum atomic E-state index is 12.3. The van der Waals surface area contributed by atoms with Crippen LogP contribution >= 0.6 is 11.6 Å². The summed E-state index contributed by atoms with van der Waals surface area (Å²) in [6.45, 7) is -3.01. The Labute approximate surface area is 151 Å². The Morgan fingerprint density at radius 3 is 2.62 bits per heavy atom. The number of alkyl halides is 2. The molecule has 0 aliphatic carbocycles. The van der Waals surface area contributed by atoms with Crippen LogP contribution in [0.4, 0.5) is 14.5 Å². The van der Waals surface area contributed by atoms with Gasteiger partial charge >= 0.3 is 6.61 Å². The molecule has 0 saturated heterocycles. The van der Waals surface area contributed by atoms with Gasteiger partial charge < -0.3 is 15.2 Å². The van der Waals surface area contributed by atoms with Gasteiger partial charge in [0.25, 0.3) is 5.91 Å². The van der Waals surface area contributed by atoms with Crippen molar-refractivity contribution in [2.24, 2.45) is 0 Å². The molecule has 0 radical (unpaired) electrons. The average molecular weight is 380 g/mol. The van der Waals surface area contributed by atoms with Gasteiger partial charge in [-0.1, -0.05) is 29.8 Å². The Morgan fingerprint density at radius 1 is 1.23 bits per heavy atom. The first-order chi connectivity index (χ1) is 12.4. The number of carbonyl (C=O) groups is 1. The van der Waals surface area contributed by atoms with E-state index >= 15 is 0 Å². The number of amides is 1. The molecule has 9 heteroatoms. The number of para-hydroxylation sites is 1. The lowest BCUT2D eigenvalue weighted by atomic mass is 10.3. The van der Waals surface area contributed by atoms with Gasteiger partial charge in [-0.25, -0.2) is 4.68 Å². The van der Waals surface area contributed by atoms with Crippen LogP contribution in [-0.2, 0) is 0 Å². The largest absolute Gasteiger partial charge is 0.504 e. The lowest BCUT2D eigenvalue weighted by molar-refractivity contribution is -0.0497. The van der Waals surface area contributed by atoms with Crippen molar-refractivity contribution in [1.82, 2.24) is 9.78 Å². The predicted molar refractivity (Wildman–Crippen MR) is 91.3 cm³/mol. The summed E-state index contributed by atoms with van der Waals surface area (Å²) in [5, 5.41) is 16.4. The van der Waals surface area contributed by atoms with Gasteiger partial charge in [0.2, 0.25) is 0 Å². The van der Waals surface area contributed by atoms with E-state index in [-0.39, 0.29) is 27.9 Å². The molecule has 1 heterocycles. The number of benzene rings is 2. The summed E-state index contributed by atoms with van der Waals surface area (Å²) in [7, 11) is 0. The zero-order valence-corrected chi connectivity index (χ0v) is 13.8. The average Bonchev–Trinajstić information content (AvgIpc) is 3.00. The molecule has 0 bridgehead atoms. The minimum Gasteiger partial charge on any atom is -0.504 e. The van der Waals surface area contributed by atoms with E-state index in [1.165, 1.54) is 29.1 Å². The third kappa shape index (κ3) is 3.92. The Morgan fingerprint density at radius 2 is 1.96 bits per heavy atom. The van der Waals surface area contributed by atoms with E-state index in [1.54, 1.807) is 24.3 Å². The minimum atomic E-state index is -3.01. The number of anilines is 1. The van der Waals surface area contributed by atoms with Crippen LogP contribution in [0.25, 0.3) is 5.69 Å². The molecule has 1 amide bonds. The smallest absolute Gasteiger partial charge is 0.387 e. The van der Waals surface area contributed by atoms with Gasteiger partial charge in [0.05, 0.1) is 16.9 Å². The second-order valence-electron chi connectivity index (χ2n) is 5.12. The molecular weight excluding hydrogens is 368 g/mol. The van der Waals surface area contributed by atoms with Gasteiger partial charge in [0.15, 0.2) is 11.4 Å². The molecule has 0 fully saturated rings. The number of aromatic nitrogens is 2. The van der Waals surface area contributed by atoms with Crippen LogP contribution in [-0.4, -0.2) is 27.4 Å². The summed E-state index contributed by atoms with van der Waals surface area (Å²) in [4.78, 5) is 12.3. The highest BCUT2D eigenvalue weighted by molar-refractivity contribution is 6.32. The van der Waals surface area contributed by atoms with Crippen molar-refractivity contribution in [1.29, 1.82) is 0 Å². The van der Waals surface area contributed by atoms with Crippen molar-refractivity contribution in [3.8, 4) is 17.2 Å². The molecule has 0 unspecified atom stereocenters. The number of hydrogen-bond donors (Lipinski definition) is 2. The number of rotatable bonds is 5. The van der Waals surface area contributed by atoms with Gasteiger partial charge in [-0.05, 0) is 30.3 Å². The minimum absolute atomic E-state index is 0.0952. The van der Waals surface area contributed by atoms with Crippen LogP contribution in [0.3, 0.4) is 0 Å². The molecule has 1 aromatic heterocycles. The summed E-state index contributed by atoms with van der Waals surface area (Å²) in [6.07, 6.45) is 1.30. The molecule has 3 aromatic rings. The third-order valence-electron chi connectivity index (χ3n) is 3.34. The maximum absolute atomic E-state index is 12.3. The number of carbonyl (C=O) groups excluding carboxylic acids is 1. The van der Waals surface area contributed by atoms with Gasteiger partial charge in [0, 0.05) is 5.69 Å². The van der Waals surface area contributed by atoms with Gasteiger partial charge in [0.1, 0.15) is 5.75 Å². The van der Waals surface area contributed by atoms with Crippen LogP contribution in [0.15, 0.2) is 54.7 Å². The quantitative estimate of drug-likeness (QED) is 0.700. The van der Waals surface area contributed by atoms with Crippen molar-refractivity contribution < 1.29 is 23.4 Å². The molecule has 0 aliphatic rings. The van der Waals surface area contributed by atoms with Crippen LogP contribution < -0.4 is 10.1 Å². The fourth-order valence-electron chi connectivity index (χ4n) is 2.20. The zero-order valence-electron chi connectivity index (χ0n) is 13.1.